The van der Waals surface area contributed by atoms with Crippen molar-refractivity contribution in [1.82, 2.24) is 0 Å². The molecule has 0 aliphatic carbocycles. The van der Waals surface area contributed by atoms with Crippen molar-refractivity contribution in [2.24, 2.45) is 0 Å². The van der Waals surface area contributed by atoms with Crippen molar-refractivity contribution in [3.05, 3.63) is 35.9 Å². The maximum atomic E-state index is 11.5. The highest BCUT2D eigenvalue weighted by Crippen LogP contribution is 2.24. The van der Waals surface area contributed by atoms with Crippen molar-refractivity contribution in [2.75, 3.05) is 6.61 Å². The van der Waals surface area contributed by atoms with Crippen molar-refractivity contribution in [3.63, 3.8) is 0 Å². The third kappa shape index (κ3) is 6.60. The Balaban J connectivity index is 2.49. The Hall–Kier alpha value is -1.51. The van der Waals surface area contributed by atoms with Gasteiger partial charge in [0.25, 0.3) is 0 Å². The lowest BCUT2D eigenvalue weighted by atomic mass is 10.0. The normalized spacial score (nSPS) is 11.9. The number of hydrogen-bond acceptors (Lipinski definition) is 3. The van der Waals surface area contributed by atoms with Crippen LogP contribution in [0.4, 0.5) is 4.79 Å². The van der Waals surface area contributed by atoms with Crippen molar-refractivity contribution in [3.8, 4) is 0 Å². The molecule has 0 saturated heterocycles. The number of carbonyl (C=O) groups is 1. The summed E-state index contributed by atoms with van der Waals surface area (Å²) in [6.45, 7) is 4.33. The third-order valence-electron chi connectivity index (χ3n) is 3.24. The maximum absolute atomic E-state index is 11.5. The Morgan fingerprint density at radius 3 is 2.40 bits per heavy atom. The lowest BCUT2D eigenvalue weighted by molar-refractivity contribution is 0.0218. The van der Waals surface area contributed by atoms with Gasteiger partial charge >= 0.3 is 6.16 Å². The van der Waals surface area contributed by atoms with Crippen LogP contribution in [0, 0.1) is 0 Å². The topological polar surface area (TPSA) is 35.5 Å². The van der Waals surface area contributed by atoms with Gasteiger partial charge in [-0.15, -0.1) is 0 Å². The SMILES string of the molecule is CCCCCCCC(OC(=O)OCC)c1ccccc1. The van der Waals surface area contributed by atoms with Crippen LogP contribution in [0.2, 0.25) is 0 Å². The molecule has 0 N–H and O–H groups in total. The maximum Gasteiger partial charge on any atom is 0.508 e. The molecule has 0 spiro atoms. The second-order valence-electron chi connectivity index (χ2n) is 4.90. The highest BCUT2D eigenvalue weighted by atomic mass is 16.7. The molecule has 0 aromatic heterocycles. The average molecular weight is 278 g/mol. The summed E-state index contributed by atoms with van der Waals surface area (Å²) in [7, 11) is 0. The molecule has 112 valence electrons. The molecule has 1 atom stereocenters. The molecule has 3 nitrogen and oxygen atoms in total. The minimum atomic E-state index is -0.574. The fourth-order valence-corrected chi connectivity index (χ4v) is 2.16. The Labute approximate surface area is 122 Å². The first-order chi connectivity index (χ1) is 9.77. The first-order valence-corrected chi connectivity index (χ1v) is 7.66. The van der Waals surface area contributed by atoms with E-state index >= 15 is 0 Å². The van der Waals surface area contributed by atoms with Gasteiger partial charge in [-0.2, -0.15) is 0 Å². The van der Waals surface area contributed by atoms with Gasteiger partial charge in [-0.3, -0.25) is 0 Å². The van der Waals surface area contributed by atoms with Crippen LogP contribution in [0.15, 0.2) is 30.3 Å². The van der Waals surface area contributed by atoms with Gasteiger partial charge in [-0.05, 0) is 25.3 Å². The van der Waals surface area contributed by atoms with Crippen LogP contribution < -0.4 is 0 Å². The van der Waals surface area contributed by atoms with E-state index in [1.165, 1.54) is 25.7 Å². The largest absolute Gasteiger partial charge is 0.508 e. The summed E-state index contributed by atoms with van der Waals surface area (Å²) in [6.07, 6.45) is 6.09. The summed E-state index contributed by atoms with van der Waals surface area (Å²) >= 11 is 0. The predicted molar refractivity (Wildman–Crippen MR) is 80.7 cm³/mol. The van der Waals surface area contributed by atoms with E-state index in [0.29, 0.717) is 6.61 Å². The molecule has 3 heteroatoms. The van der Waals surface area contributed by atoms with Crippen LogP contribution in [0.3, 0.4) is 0 Å². The van der Waals surface area contributed by atoms with Gasteiger partial charge in [0.15, 0.2) is 0 Å². The van der Waals surface area contributed by atoms with Gasteiger partial charge in [0.1, 0.15) is 6.10 Å². The van der Waals surface area contributed by atoms with E-state index in [0.717, 1.165) is 18.4 Å². The Kier molecular flexibility index (Phi) is 8.52. The highest BCUT2D eigenvalue weighted by molar-refractivity contribution is 5.60. The molecule has 0 saturated carbocycles. The van der Waals surface area contributed by atoms with Crippen LogP contribution in [0.5, 0.6) is 0 Å². The standard InChI is InChI=1S/C17H26O3/c1-3-5-6-7-11-14-16(20-17(18)19-4-2)15-12-9-8-10-13-15/h8-10,12-13,16H,3-7,11,14H2,1-2H3. The van der Waals surface area contributed by atoms with Crippen molar-refractivity contribution in [2.45, 2.75) is 58.5 Å². The number of ether oxygens (including phenoxy) is 2. The molecule has 0 radical (unpaired) electrons. The third-order valence-corrected chi connectivity index (χ3v) is 3.24. The van der Waals surface area contributed by atoms with Crippen LogP contribution >= 0.6 is 0 Å². The summed E-state index contributed by atoms with van der Waals surface area (Å²) in [5.74, 6) is 0. The fourth-order valence-electron chi connectivity index (χ4n) is 2.16. The minimum absolute atomic E-state index is 0.197. The van der Waals surface area contributed by atoms with Gasteiger partial charge in [0.05, 0.1) is 6.61 Å². The first-order valence-electron chi connectivity index (χ1n) is 7.66. The molecule has 1 aromatic rings. The van der Waals surface area contributed by atoms with Gasteiger partial charge in [0, 0.05) is 0 Å². The zero-order chi connectivity index (χ0) is 14.6. The zero-order valence-corrected chi connectivity index (χ0v) is 12.6. The second-order valence-corrected chi connectivity index (χ2v) is 4.90. The molecular weight excluding hydrogens is 252 g/mol. The molecule has 0 amide bonds. The Morgan fingerprint density at radius 1 is 1.05 bits per heavy atom. The van der Waals surface area contributed by atoms with Crippen molar-refractivity contribution >= 4 is 6.16 Å². The highest BCUT2D eigenvalue weighted by Gasteiger charge is 2.16. The monoisotopic (exact) mass is 278 g/mol. The van der Waals surface area contributed by atoms with E-state index in [9.17, 15) is 4.79 Å². The lowest BCUT2D eigenvalue weighted by Crippen LogP contribution is -2.13. The number of benzene rings is 1. The average Bonchev–Trinajstić information content (AvgIpc) is 2.47. The number of hydrogen-bond donors (Lipinski definition) is 0. The molecule has 1 unspecified atom stereocenters. The van der Waals surface area contributed by atoms with E-state index in [4.69, 9.17) is 9.47 Å². The Morgan fingerprint density at radius 2 is 1.75 bits per heavy atom. The molecular formula is C17H26O3. The van der Waals surface area contributed by atoms with Crippen LogP contribution in [0.1, 0.15) is 64.0 Å². The van der Waals surface area contributed by atoms with Gasteiger partial charge in [-0.25, -0.2) is 4.79 Å². The van der Waals surface area contributed by atoms with E-state index in [2.05, 4.69) is 6.92 Å². The molecule has 0 bridgehead atoms. The van der Waals surface area contributed by atoms with E-state index in [1.54, 1.807) is 6.92 Å². The molecule has 0 aliphatic heterocycles. The predicted octanol–water partition coefficient (Wildman–Crippen LogP) is 5.26. The second kappa shape index (κ2) is 10.3. The molecule has 20 heavy (non-hydrogen) atoms. The summed E-state index contributed by atoms with van der Waals surface area (Å²) < 4.78 is 10.3. The number of unbranched alkanes of at least 4 members (excludes halogenated alkanes) is 4. The Bertz CT molecular complexity index is 362. The van der Waals surface area contributed by atoms with E-state index in [-0.39, 0.29) is 6.10 Å². The van der Waals surface area contributed by atoms with Gasteiger partial charge in [0.2, 0.25) is 0 Å². The molecule has 0 fully saturated rings. The van der Waals surface area contributed by atoms with E-state index in [1.807, 2.05) is 30.3 Å². The smallest absolute Gasteiger partial charge is 0.435 e. The summed E-state index contributed by atoms with van der Waals surface area (Å²) in [5, 5.41) is 0. The van der Waals surface area contributed by atoms with Gasteiger partial charge in [-0.1, -0.05) is 62.9 Å². The molecule has 0 heterocycles. The fraction of sp³-hybridized carbons (Fsp3) is 0.588. The number of carbonyl (C=O) groups excluding carboxylic acids is 1. The molecule has 0 aliphatic rings. The summed E-state index contributed by atoms with van der Waals surface area (Å²) in [5.41, 5.74) is 1.04. The minimum Gasteiger partial charge on any atom is -0.435 e. The zero-order valence-electron chi connectivity index (χ0n) is 12.6. The molecule has 1 rings (SSSR count). The van der Waals surface area contributed by atoms with Crippen molar-refractivity contribution in [1.29, 1.82) is 0 Å². The van der Waals surface area contributed by atoms with E-state index < -0.39 is 6.16 Å². The van der Waals surface area contributed by atoms with Crippen LogP contribution in [-0.2, 0) is 9.47 Å². The van der Waals surface area contributed by atoms with Crippen LogP contribution in [-0.4, -0.2) is 12.8 Å². The molecule has 1 aromatic carbocycles. The van der Waals surface area contributed by atoms with Crippen LogP contribution in [0.25, 0.3) is 0 Å². The lowest BCUT2D eigenvalue weighted by Gasteiger charge is -2.17. The number of rotatable bonds is 9. The first kappa shape index (κ1) is 16.5. The van der Waals surface area contributed by atoms with Gasteiger partial charge < -0.3 is 9.47 Å². The summed E-state index contributed by atoms with van der Waals surface area (Å²) in [4.78, 5) is 11.5. The van der Waals surface area contributed by atoms with Crippen molar-refractivity contribution < 1.29 is 14.3 Å². The quantitative estimate of drug-likeness (QED) is 0.456. The summed E-state index contributed by atoms with van der Waals surface area (Å²) in [6, 6.07) is 9.89.